The standard InChI is InChI=1S/C22H28O3/c1-4-6-16-22(21(23)25-5-2,19-13-8-7-9-14-19)17-18-12-10-11-15-20(18)24-3/h7-15H,4-6,16-17H2,1-3H3. The second kappa shape index (κ2) is 9.26. The molecule has 0 aromatic heterocycles. The van der Waals surface area contributed by atoms with E-state index in [1.807, 2.05) is 61.5 Å². The Labute approximate surface area is 151 Å². The Morgan fingerprint density at radius 2 is 1.68 bits per heavy atom. The van der Waals surface area contributed by atoms with E-state index in [2.05, 4.69) is 6.92 Å². The second-order valence-corrected chi connectivity index (χ2v) is 6.26. The van der Waals surface area contributed by atoms with E-state index in [1.165, 1.54) is 0 Å². The molecule has 0 fully saturated rings. The molecule has 1 atom stereocenters. The number of methoxy groups -OCH3 is 1. The largest absolute Gasteiger partial charge is 0.496 e. The molecule has 1 unspecified atom stereocenters. The predicted octanol–water partition coefficient (Wildman–Crippen LogP) is 4.93. The van der Waals surface area contributed by atoms with Gasteiger partial charge in [0.05, 0.1) is 19.1 Å². The van der Waals surface area contributed by atoms with Crippen LogP contribution in [0.2, 0.25) is 0 Å². The molecule has 0 aliphatic rings. The van der Waals surface area contributed by atoms with Crippen LogP contribution in [0, 0.1) is 0 Å². The van der Waals surface area contributed by atoms with Crippen molar-refractivity contribution in [1.82, 2.24) is 0 Å². The average molecular weight is 340 g/mol. The third-order valence-corrected chi connectivity index (χ3v) is 4.63. The van der Waals surface area contributed by atoms with Gasteiger partial charge >= 0.3 is 5.97 Å². The minimum atomic E-state index is -0.693. The number of ether oxygens (including phenoxy) is 2. The van der Waals surface area contributed by atoms with E-state index in [4.69, 9.17) is 9.47 Å². The first-order valence-electron chi connectivity index (χ1n) is 9.02. The smallest absolute Gasteiger partial charge is 0.316 e. The Morgan fingerprint density at radius 3 is 2.32 bits per heavy atom. The first-order chi connectivity index (χ1) is 12.2. The van der Waals surface area contributed by atoms with Gasteiger partial charge in [-0.05, 0) is 37.0 Å². The van der Waals surface area contributed by atoms with Gasteiger partial charge in [0.2, 0.25) is 0 Å². The molecule has 2 aromatic carbocycles. The van der Waals surface area contributed by atoms with Gasteiger partial charge in [0.1, 0.15) is 5.75 Å². The van der Waals surface area contributed by atoms with E-state index >= 15 is 0 Å². The predicted molar refractivity (Wildman–Crippen MR) is 101 cm³/mol. The fourth-order valence-electron chi connectivity index (χ4n) is 3.31. The van der Waals surface area contributed by atoms with Gasteiger partial charge in [-0.1, -0.05) is 68.3 Å². The van der Waals surface area contributed by atoms with Crippen molar-refractivity contribution in [2.24, 2.45) is 0 Å². The van der Waals surface area contributed by atoms with Gasteiger partial charge in [-0.25, -0.2) is 0 Å². The molecular formula is C22H28O3. The van der Waals surface area contributed by atoms with Crippen LogP contribution >= 0.6 is 0 Å². The summed E-state index contributed by atoms with van der Waals surface area (Å²) >= 11 is 0. The molecular weight excluding hydrogens is 312 g/mol. The molecule has 3 nitrogen and oxygen atoms in total. The molecule has 0 aliphatic carbocycles. The van der Waals surface area contributed by atoms with Crippen LogP contribution in [-0.4, -0.2) is 19.7 Å². The van der Waals surface area contributed by atoms with Crippen molar-refractivity contribution in [2.45, 2.75) is 44.9 Å². The fraction of sp³-hybridized carbons (Fsp3) is 0.409. The molecule has 0 saturated carbocycles. The Balaban J connectivity index is 2.53. The van der Waals surface area contributed by atoms with Gasteiger partial charge in [-0.2, -0.15) is 0 Å². The number of carbonyl (C=O) groups is 1. The molecule has 134 valence electrons. The third-order valence-electron chi connectivity index (χ3n) is 4.63. The van der Waals surface area contributed by atoms with E-state index < -0.39 is 5.41 Å². The van der Waals surface area contributed by atoms with E-state index in [9.17, 15) is 4.79 Å². The minimum Gasteiger partial charge on any atom is -0.496 e. The SMILES string of the molecule is CCCCC(Cc1ccccc1OC)(C(=O)OCC)c1ccccc1. The second-order valence-electron chi connectivity index (χ2n) is 6.26. The lowest BCUT2D eigenvalue weighted by Crippen LogP contribution is -2.40. The van der Waals surface area contributed by atoms with Crippen LogP contribution in [0.5, 0.6) is 5.75 Å². The number of hydrogen-bond donors (Lipinski definition) is 0. The summed E-state index contributed by atoms with van der Waals surface area (Å²) in [7, 11) is 1.67. The molecule has 0 radical (unpaired) electrons. The quantitative estimate of drug-likeness (QED) is 0.607. The normalized spacial score (nSPS) is 13.1. The van der Waals surface area contributed by atoms with Gasteiger partial charge < -0.3 is 9.47 Å². The highest BCUT2D eigenvalue weighted by atomic mass is 16.5. The molecule has 0 saturated heterocycles. The van der Waals surface area contributed by atoms with Crippen molar-refractivity contribution in [3.05, 3.63) is 65.7 Å². The maximum atomic E-state index is 13.1. The molecule has 0 aliphatic heterocycles. The maximum absolute atomic E-state index is 13.1. The highest BCUT2D eigenvalue weighted by Crippen LogP contribution is 2.37. The lowest BCUT2D eigenvalue weighted by atomic mass is 9.72. The molecule has 0 spiro atoms. The zero-order chi connectivity index (χ0) is 18.1. The van der Waals surface area contributed by atoms with Crippen molar-refractivity contribution in [2.75, 3.05) is 13.7 Å². The Hall–Kier alpha value is -2.29. The monoisotopic (exact) mass is 340 g/mol. The first-order valence-corrected chi connectivity index (χ1v) is 9.02. The van der Waals surface area contributed by atoms with Crippen LogP contribution < -0.4 is 4.74 Å². The molecule has 3 heteroatoms. The summed E-state index contributed by atoms with van der Waals surface area (Å²) in [5.41, 5.74) is 1.34. The number of carbonyl (C=O) groups excluding carboxylic acids is 1. The van der Waals surface area contributed by atoms with Gasteiger partial charge in [0.25, 0.3) is 0 Å². The average Bonchev–Trinajstić information content (AvgIpc) is 2.66. The number of rotatable bonds is 9. The van der Waals surface area contributed by atoms with Crippen LogP contribution in [0.3, 0.4) is 0 Å². The highest BCUT2D eigenvalue weighted by Gasteiger charge is 2.41. The summed E-state index contributed by atoms with van der Waals surface area (Å²) in [6.07, 6.45) is 3.31. The van der Waals surface area contributed by atoms with Crippen molar-refractivity contribution in [3.8, 4) is 5.75 Å². The number of hydrogen-bond acceptors (Lipinski definition) is 3. The summed E-state index contributed by atoms with van der Waals surface area (Å²) in [5.74, 6) is 0.657. The highest BCUT2D eigenvalue weighted by molar-refractivity contribution is 5.84. The molecule has 25 heavy (non-hydrogen) atoms. The van der Waals surface area contributed by atoms with Gasteiger partial charge in [-0.3, -0.25) is 4.79 Å². The van der Waals surface area contributed by atoms with Crippen molar-refractivity contribution < 1.29 is 14.3 Å². The topological polar surface area (TPSA) is 35.5 Å². The molecule has 0 amide bonds. The molecule has 2 rings (SSSR count). The van der Waals surface area contributed by atoms with Crippen molar-refractivity contribution in [1.29, 1.82) is 0 Å². The van der Waals surface area contributed by atoms with Crippen molar-refractivity contribution >= 4 is 5.97 Å². The van der Waals surface area contributed by atoms with Crippen LogP contribution in [0.4, 0.5) is 0 Å². The zero-order valence-electron chi connectivity index (χ0n) is 15.5. The van der Waals surface area contributed by atoms with Crippen LogP contribution in [0.15, 0.2) is 54.6 Å². The maximum Gasteiger partial charge on any atom is 0.316 e. The molecule has 0 bridgehead atoms. The lowest BCUT2D eigenvalue weighted by molar-refractivity contribution is -0.150. The Bertz CT molecular complexity index is 666. The van der Waals surface area contributed by atoms with Gasteiger partial charge in [0, 0.05) is 0 Å². The summed E-state index contributed by atoms with van der Waals surface area (Å²) in [6, 6.07) is 17.9. The van der Waals surface area contributed by atoms with E-state index in [1.54, 1.807) is 7.11 Å². The first kappa shape index (κ1) is 19.0. The molecule has 2 aromatic rings. The summed E-state index contributed by atoms with van der Waals surface area (Å²) < 4.78 is 11.0. The van der Waals surface area contributed by atoms with Crippen molar-refractivity contribution in [3.63, 3.8) is 0 Å². The Morgan fingerprint density at radius 1 is 1.00 bits per heavy atom. The number of para-hydroxylation sites is 1. The number of esters is 1. The minimum absolute atomic E-state index is 0.152. The van der Waals surface area contributed by atoms with E-state index in [0.29, 0.717) is 13.0 Å². The number of unbranched alkanes of at least 4 members (excludes halogenated alkanes) is 1. The third kappa shape index (κ3) is 4.41. The van der Waals surface area contributed by atoms with Crippen LogP contribution in [0.25, 0.3) is 0 Å². The Kier molecular flexibility index (Phi) is 7.05. The van der Waals surface area contributed by atoms with E-state index in [0.717, 1.165) is 36.1 Å². The van der Waals surface area contributed by atoms with Gasteiger partial charge in [-0.15, -0.1) is 0 Å². The summed E-state index contributed by atoms with van der Waals surface area (Å²) in [5, 5.41) is 0. The summed E-state index contributed by atoms with van der Waals surface area (Å²) in [6.45, 7) is 4.38. The summed E-state index contributed by atoms with van der Waals surface area (Å²) in [4.78, 5) is 13.1. The van der Waals surface area contributed by atoms with E-state index in [-0.39, 0.29) is 5.97 Å². The van der Waals surface area contributed by atoms with Crippen LogP contribution in [0.1, 0.15) is 44.2 Å². The van der Waals surface area contributed by atoms with Crippen LogP contribution in [-0.2, 0) is 21.4 Å². The molecule has 0 heterocycles. The number of benzene rings is 2. The lowest BCUT2D eigenvalue weighted by Gasteiger charge is -2.33. The fourth-order valence-corrected chi connectivity index (χ4v) is 3.31. The zero-order valence-corrected chi connectivity index (χ0v) is 15.5. The molecule has 0 N–H and O–H groups in total. The van der Waals surface area contributed by atoms with Gasteiger partial charge in [0.15, 0.2) is 0 Å².